The number of carbonyl (C=O) groups is 1. The number of carbonyl (C=O) groups excluding carboxylic acids is 1. The molecule has 2 aliphatic heterocycles. The number of halogens is 6. The molecule has 2 N–H and O–H groups in total. The summed E-state index contributed by atoms with van der Waals surface area (Å²) in [5.74, 6) is 0.134. The third kappa shape index (κ3) is 8.42. The summed E-state index contributed by atoms with van der Waals surface area (Å²) in [4.78, 5) is 24.4. The minimum Gasteiger partial charge on any atom is -0.355 e. The minimum atomic E-state index is -3.69. The van der Waals surface area contributed by atoms with Crippen molar-refractivity contribution in [3.05, 3.63) is 102 Å². The van der Waals surface area contributed by atoms with Gasteiger partial charge in [0.2, 0.25) is 0 Å². The molecular weight excluding hydrogens is 630 g/mol. The maximum Gasteiger partial charge on any atom is 0.169 e. The first kappa shape index (κ1) is 28.8. The number of nitrogens with one attached hydrogen (secondary N) is 2. The zero-order chi connectivity index (χ0) is 27.4. The molecule has 2 aromatic heterocycles. The quantitative estimate of drug-likeness (QED) is 0.186. The van der Waals surface area contributed by atoms with E-state index in [1.54, 1.807) is 24.8 Å². The van der Waals surface area contributed by atoms with Gasteiger partial charge >= 0.3 is 59.6 Å². The van der Waals surface area contributed by atoms with Crippen molar-refractivity contribution in [3.63, 3.8) is 0 Å². The van der Waals surface area contributed by atoms with E-state index < -0.39 is 3.37 Å². The molecular formula is C25H18Cl6N5OP. The maximum atomic E-state index is 12.0. The number of rotatable bonds is 0. The van der Waals surface area contributed by atoms with Gasteiger partial charge in [-0.1, -0.05) is 35.9 Å². The van der Waals surface area contributed by atoms with Gasteiger partial charge in [0.05, 0.1) is 11.9 Å². The number of Topliss-reactive ketones (excluding diaryl/α,β-unsaturated/α-hetero) is 1. The molecule has 0 spiro atoms. The van der Waals surface area contributed by atoms with Gasteiger partial charge in [-0.2, -0.15) is 0 Å². The minimum absolute atomic E-state index is 0.134. The monoisotopic (exact) mass is 645 g/mol. The van der Waals surface area contributed by atoms with Crippen molar-refractivity contribution >= 4 is 111 Å². The van der Waals surface area contributed by atoms with Crippen molar-refractivity contribution in [2.75, 3.05) is 10.6 Å². The first-order chi connectivity index (χ1) is 17.9. The molecule has 4 aromatic rings. The first-order valence-electron chi connectivity index (χ1n) is 10.9. The van der Waals surface area contributed by atoms with Crippen LogP contribution in [-0.4, -0.2) is 20.9 Å². The van der Waals surface area contributed by atoms with Gasteiger partial charge in [-0.15, -0.1) is 0 Å². The van der Waals surface area contributed by atoms with Crippen LogP contribution in [0.15, 0.2) is 90.4 Å². The zero-order valence-electron chi connectivity index (χ0n) is 19.3. The Morgan fingerprint density at radius 2 is 1.21 bits per heavy atom. The summed E-state index contributed by atoms with van der Waals surface area (Å²) < 4.78 is -3.69. The molecule has 6 rings (SSSR count). The average molecular weight is 648 g/mol. The van der Waals surface area contributed by atoms with Crippen LogP contribution in [0.4, 0.5) is 28.4 Å². The number of fused-ring (bicyclic) bond motifs is 4. The number of aromatic nitrogens is 2. The number of pyridine rings is 2. The average Bonchev–Trinajstić information content (AvgIpc) is 3.09. The molecule has 0 unspecified atom stereocenters. The van der Waals surface area contributed by atoms with Crippen molar-refractivity contribution in [2.24, 2.45) is 4.99 Å². The number of hydrogen-bond acceptors (Lipinski definition) is 6. The van der Waals surface area contributed by atoms with Crippen LogP contribution in [0.5, 0.6) is 0 Å². The molecule has 0 amide bonds. The second-order valence-corrected chi connectivity index (χ2v) is 24.9. The fraction of sp³-hybridized carbons (Fsp3) is 0.0400. The SMILES string of the molecule is ClC1=Nc2cnccc2Nc2ccccc21.ClP(Cl)(Cl)(Cl)Cl.O=C1Cc2cnccc2Nc2ccccc21. The fourth-order valence-electron chi connectivity index (χ4n) is 3.60. The second-order valence-electron chi connectivity index (χ2n) is 7.91. The zero-order valence-corrected chi connectivity index (χ0v) is 24.7. The van der Waals surface area contributed by atoms with E-state index in [0.717, 1.165) is 45.1 Å². The van der Waals surface area contributed by atoms with Crippen LogP contribution in [0, 0.1) is 0 Å². The number of nitrogens with zero attached hydrogens (tertiary/aromatic N) is 3. The third-order valence-corrected chi connectivity index (χ3v) is 5.48. The van der Waals surface area contributed by atoms with Crippen molar-refractivity contribution in [1.29, 1.82) is 0 Å². The van der Waals surface area contributed by atoms with Crippen LogP contribution in [0.1, 0.15) is 21.5 Å². The molecule has 0 radical (unpaired) electrons. The molecule has 0 atom stereocenters. The molecule has 0 saturated carbocycles. The number of hydrogen-bond donors (Lipinski definition) is 2. The van der Waals surface area contributed by atoms with E-state index in [-0.39, 0.29) is 5.78 Å². The van der Waals surface area contributed by atoms with Crippen LogP contribution in [0.3, 0.4) is 0 Å². The topological polar surface area (TPSA) is 79.3 Å². The molecule has 2 aromatic carbocycles. The van der Waals surface area contributed by atoms with E-state index in [4.69, 9.17) is 67.8 Å². The summed E-state index contributed by atoms with van der Waals surface area (Å²) in [5.41, 5.74) is 7.07. The van der Waals surface area contributed by atoms with E-state index in [2.05, 4.69) is 25.6 Å². The Morgan fingerprint density at radius 3 is 1.89 bits per heavy atom. The van der Waals surface area contributed by atoms with Gasteiger partial charge in [0.25, 0.3) is 0 Å². The van der Waals surface area contributed by atoms with Crippen molar-refractivity contribution in [3.8, 4) is 0 Å². The van der Waals surface area contributed by atoms with Crippen LogP contribution < -0.4 is 10.6 Å². The molecule has 4 heterocycles. The van der Waals surface area contributed by atoms with Gasteiger partial charge in [-0.3, -0.25) is 14.8 Å². The van der Waals surface area contributed by atoms with Crippen LogP contribution in [-0.2, 0) is 6.42 Å². The molecule has 196 valence electrons. The Bertz CT molecular complexity index is 1500. The molecule has 6 nitrogen and oxygen atoms in total. The molecule has 0 saturated heterocycles. The van der Waals surface area contributed by atoms with Gasteiger partial charge < -0.3 is 10.6 Å². The van der Waals surface area contributed by atoms with Crippen LogP contribution in [0.2, 0.25) is 0 Å². The second kappa shape index (κ2) is 11.9. The standard InChI is InChI=1S/C13H10N2O.C12H8ClN3.Cl5P/c16-13-7-9-8-14-6-5-11(9)15-12-4-2-1-3-10(12)13;13-12-8-3-1-2-4-9(8)15-10-5-6-14-7-11(10)16-12;1-6(2,3,4)5/h1-6,8,15H,7H2;1-7,15H;. The molecule has 2 aliphatic rings. The van der Waals surface area contributed by atoms with Crippen molar-refractivity contribution in [2.45, 2.75) is 6.42 Å². The number of anilines is 4. The van der Waals surface area contributed by atoms with E-state index in [1.165, 1.54) is 0 Å². The Kier molecular flexibility index (Phi) is 9.06. The van der Waals surface area contributed by atoms with E-state index >= 15 is 0 Å². The van der Waals surface area contributed by atoms with Crippen molar-refractivity contribution < 1.29 is 4.79 Å². The smallest absolute Gasteiger partial charge is 0.169 e. The summed E-state index contributed by atoms with van der Waals surface area (Å²) in [6.45, 7) is 0. The fourth-order valence-corrected chi connectivity index (χ4v) is 3.86. The number of aliphatic imine (C=N–C) groups is 1. The number of ketones is 1. The van der Waals surface area contributed by atoms with Crippen molar-refractivity contribution in [1.82, 2.24) is 9.97 Å². The predicted octanol–water partition coefficient (Wildman–Crippen LogP) is 10.3. The predicted molar refractivity (Wildman–Crippen MR) is 164 cm³/mol. The van der Waals surface area contributed by atoms with E-state index in [0.29, 0.717) is 11.6 Å². The first-order valence-corrected chi connectivity index (χ1v) is 18.0. The summed E-state index contributed by atoms with van der Waals surface area (Å²) in [6.07, 6.45) is 7.29. The molecule has 38 heavy (non-hydrogen) atoms. The van der Waals surface area contributed by atoms with Crippen LogP contribution in [0.25, 0.3) is 0 Å². The van der Waals surface area contributed by atoms with Gasteiger partial charge in [0, 0.05) is 58.8 Å². The summed E-state index contributed by atoms with van der Waals surface area (Å²) in [6, 6.07) is 19.2. The van der Waals surface area contributed by atoms with E-state index in [1.807, 2.05) is 60.7 Å². The van der Waals surface area contributed by atoms with Gasteiger partial charge in [0.15, 0.2) is 5.78 Å². The number of benzene rings is 2. The normalized spacial score (nSPS) is 14.1. The Morgan fingerprint density at radius 1 is 0.684 bits per heavy atom. The summed E-state index contributed by atoms with van der Waals surface area (Å²) in [7, 11) is 0. The Labute approximate surface area is 248 Å². The van der Waals surface area contributed by atoms with Gasteiger partial charge in [0.1, 0.15) is 10.9 Å². The molecule has 13 heteroatoms. The Balaban J connectivity index is 0.000000147. The third-order valence-electron chi connectivity index (χ3n) is 5.19. The van der Waals surface area contributed by atoms with E-state index in [9.17, 15) is 4.79 Å². The molecule has 0 bridgehead atoms. The van der Waals surface area contributed by atoms with Crippen LogP contribution >= 0.6 is 71.2 Å². The van der Waals surface area contributed by atoms with Gasteiger partial charge in [-0.05, 0) is 36.4 Å². The maximum absolute atomic E-state index is 12.0. The Hall–Kier alpha value is -2.15. The summed E-state index contributed by atoms with van der Waals surface area (Å²) in [5, 5.41) is 7.05. The summed E-state index contributed by atoms with van der Waals surface area (Å²) >= 11 is 31.1. The molecule has 0 fully saturated rings. The van der Waals surface area contributed by atoms with Gasteiger partial charge in [-0.25, -0.2) is 4.99 Å². The number of para-hydroxylation sites is 2. The molecule has 0 aliphatic carbocycles. The largest absolute Gasteiger partial charge is 0.355 e.